The fraction of sp³-hybridized carbons (Fsp3) is 0.154. The number of aryl methyl sites for hydroxylation is 2. The van der Waals surface area contributed by atoms with Crippen molar-refractivity contribution in [3.63, 3.8) is 0 Å². The van der Waals surface area contributed by atoms with E-state index in [4.69, 9.17) is 5.73 Å². The third-order valence-electron chi connectivity index (χ3n) is 2.72. The van der Waals surface area contributed by atoms with Crippen LogP contribution in [0.3, 0.4) is 0 Å². The maximum absolute atomic E-state index is 12.2. The summed E-state index contributed by atoms with van der Waals surface area (Å²) in [7, 11) is -3.61. The number of benzene rings is 1. The van der Waals surface area contributed by atoms with Crippen molar-refractivity contribution in [3.8, 4) is 0 Å². The average Bonchev–Trinajstić information content (AvgIpc) is 2.35. The minimum atomic E-state index is -3.61. The van der Waals surface area contributed by atoms with Crippen molar-refractivity contribution >= 4 is 21.4 Å². The molecule has 0 aliphatic carbocycles. The molecule has 0 saturated heterocycles. The Bertz CT molecular complexity index is 694. The summed E-state index contributed by atoms with van der Waals surface area (Å²) in [5.41, 5.74) is 8.22. The van der Waals surface area contributed by atoms with Crippen molar-refractivity contribution < 1.29 is 8.42 Å². The Morgan fingerprint density at radius 2 is 1.89 bits per heavy atom. The quantitative estimate of drug-likeness (QED) is 0.841. The fourth-order valence-corrected chi connectivity index (χ4v) is 2.69. The van der Waals surface area contributed by atoms with Crippen molar-refractivity contribution in [3.05, 3.63) is 47.8 Å². The van der Waals surface area contributed by atoms with Crippen LogP contribution in [0.2, 0.25) is 0 Å². The van der Waals surface area contributed by atoms with Crippen LogP contribution >= 0.6 is 0 Å². The number of aromatic nitrogens is 1. The van der Waals surface area contributed by atoms with Gasteiger partial charge in [0.2, 0.25) is 0 Å². The molecule has 2 rings (SSSR count). The van der Waals surface area contributed by atoms with E-state index in [1.165, 1.54) is 12.3 Å². The van der Waals surface area contributed by atoms with Crippen molar-refractivity contribution in [1.29, 1.82) is 0 Å². The number of sulfonamides is 1. The van der Waals surface area contributed by atoms with Gasteiger partial charge in [-0.25, -0.2) is 8.42 Å². The summed E-state index contributed by atoms with van der Waals surface area (Å²) in [6.07, 6.45) is 1.48. The minimum Gasteiger partial charge on any atom is -0.399 e. The average molecular weight is 277 g/mol. The number of nitrogens with zero attached hydrogens (tertiary/aromatic N) is 1. The van der Waals surface area contributed by atoms with Crippen LogP contribution in [0.1, 0.15) is 11.3 Å². The zero-order valence-corrected chi connectivity index (χ0v) is 11.5. The molecule has 6 heteroatoms. The summed E-state index contributed by atoms with van der Waals surface area (Å²) in [5, 5.41) is 0. The monoisotopic (exact) mass is 277 g/mol. The van der Waals surface area contributed by atoms with E-state index in [1.807, 2.05) is 6.92 Å². The Hall–Kier alpha value is -2.08. The van der Waals surface area contributed by atoms with Crippen molar-refractivity contribution in [1.82, 2.24) is 4.98 Å². The molecule has 0 spiro atoms. The van der Waals surface area contributed by atoms with Crippen molar-refractivity contribution in [2.45, 2.75) is 18.7 Å². The third kappa shape index (κ3) is 3.03. The van der Waals surface area contributed by atoms with Crippen LogP contribution in [0.15, 0.2) is 41.4 Å². The van der Waals surface area contributed by atoms with Crippen molar-refractivity contribution in [2.24, 2.45) is 0 Å². The SMILES string of the molecule is Cc1ccc(NS(=O)(=O)c2ccc(N)c(C)c2)cn1. The molecule has 0 atom stereocenters. The molecule has 100 valence electrons. The maximum atomic E-state index is 12.2. The first kappa shape index (κ1) is 13.4. The standard InChI is InChI=1S/C13H15N3O2S/c1-9-7-12(5-6-13(9)14)19(17,18)16-11-4-3-10(2)15-8-11/h3-8,16H,14H2,1-2H3. The lowest BCUT2D eigenvalue weighted by Crippen LogP contribution is -2.13. The number of hydrogen-bond acceptors (Lipinski definition) is 4. The molecule has 0 unspecified atom stereocenters. The molecule has 2 aromatic rings. The van der Waals surface area contributed by atoms with E-state index >= 15 is 0 Å². The molecule has 1 heterocycles. The van der Waals surface area contributed by atoms with Gasteiger partial charge >= 0.3 is 0 Å². The largest absolute Gasteiger partial charge is 0.399 e. The predicted molar refractivity (Wildman–Crippen MR) is 75.4 cm³/mol. The van der Waals surface area contributed by atoms with Gasteiger partial charge in [-0.05, 0) is 49.7 Å². The van der Waals surface area contributed by atoms with Gasteiger partial charge in [-0.15, -0.1) is 0 Å². The van der Waals surface area contributed by atoms with E-state index in [0.717, 1.165) is 11.3 Å². The maximum Gasteiger partial charge on any atom is 0.261 e. The number of nitrogens with one attached hydrogen (secondary N) is 1. The lowest BCUT2D eigenvalue weighted by Gasteiger charge is -2.09. The molecule has 0 amide bonds. The van der Waals surface area contributed by atoms with Crippen LogP contribution in [0, 0.1) is 13.8 Å². The molecule has 0 saturated carbocycles. The van der Waals surface area contributed by atoms with Gasteiger partial charge in [0.1, 0.15) is 0 Å². The van der Waals surface area contributed by atoms with Gasteiger partial charge in [-0.3, -0.25) is 9.71 Å². The van der Waals surface area contributed by atoms with Crippen LogP contribution in [0.25, 0.3) is 0 Å². The number of nitrogen functional groups attached to an aromatic ring is 1. The van der Waals surface area contributed by atoms with E-state index in [0.29, 0.717) is 11.4 Å². The smallest absolute Gasteiger partial charge is 0.261 e. The molecule has 1 aromatic heterocycles. The van der Waals surface area contributed by atoms with E-state index < -0.39 is 10.0 Å². The molecular weight excluding hydrogens is 262 g/mol. The predicted octanol–water partition coefficient (Wildman–Crippen LogP) is 2.08. The van der Waals surface area contributed by atoms with Crippen LogP contribution in [-0.4, -0.2) is 13.4 Å². The lowest BCUT2D eigenvalue weighted by atomic mass is 10.2. The second-order valence-electron chi connectivity index (χ2n) is 4.31. The zero-order valence-electron chi connectivity index (χ0n) is 10.7. The van der Waals surface area contributed by atoms with Gasteiger partial charge in [0.25, 0.3) is 10.0 Å². The molecule has 0 radical (unpaired) electrons. The first-order valence-electron chi connectivity index (χ1n) is 5.70. The summed E-state index contributed by atoms with van der Waals surface area (Å²) >= 11 is 0. The minimum absolute atomic E-state index is 0.180. The van der Waals surface area contributed by atoms with Gasteiger partial charge in [-0.1, -0.05) is 0 Å². The van der Waals surface area contributed by atoms with E-state index in [1.54, 1.807) is 31.2 Å². The number of nitrogens with two attached hydrogens (primary N) is 1. The van der Waals surface area contributed by atoms with Crippen LogP contribution in [0.4, 0.5) is 11.4 Å². The number of anilines is 2. The molecule has 5 nitrogen and oxygen atoms in total. The van der Waals surface area contributed by atoms with Crippen LogP contribution < -0.4 is 10.5 Å². The summed E-state index contributed by atoms with van der Waals surface area (Å²) < 4.78 is 26.8. The number of pyridine rings is 1. The lowest BCUT2D eigenvalue weighted by molar-refractivity contribution is 0.601. The summed E-state index contributed by atoms with van der Waals surface area (Å²) in [6, 6.07) is 8.01. The number of rotatable bonds is 3. The van der Waals surface area contributed by atoms with Gasteiger partial charge in [0.05, 0.1) is 16.8 Å². The van der Waals surface area contributed by atoms with Crippen molar-refractivity contribution in [2.75, 3.05) is 10.5 Å². The van der Waals surface area contributed by atoms with Crippen LogP contribution in [0.5, 0.6) is 0 Å². The first-order valence-corrected chi connectivity index (χ1v) is 7.18. The van der Waals surface area contributed by atoms with Gasteiger partial charge in [0.15, 0.2) is 0 Å². The van der Waals surface area contributed by atoms with E-state index in [-0.39, 0.29) is 4.90 Å². The molecule has 19 heavy (non-hydrogen) atoms. The topological polar surface area (TPSA) is 85.1 Å². The highest BCUT2D eigenvalue weighted by molar-refractivity contribution is 7.92. The second kappa shape index (κ2) is 4.89. The summed E-state index contributed by atoms with van der Waals surface area (Å²) in [5.74, 6) is 0. The fourth-order valence-electron chi connectivity index (χ4n) is 1.56. The number of hydrogen-bond donors (Lipinski definition) is 2. The normalized spacial score (nSPS) is 11.3. The Kier molecular flexibility index (Phi) is 3.44. The van der Waals surface area contributed by atoms with Gasteiger partial charge in [0, 0.05) is 11.4 Å². The molecular formula is C13H15N3O2S. The molecule has 1 aromatic carbocycles. The first-order chi connectivity index (χ1) is 8.88. The highest BCUT2D eigenvalue weighted by Gasteiger charge is 2.14. The Morgan fingerprint density at radius 1 is 1.16 bits per heavy atom. The molecule has 3 N–H and O–H groups in total. The summed E-state index contributed by atoms with van der Waals surface area (Å²) in [6.45, 7) is 3.60. The Labute approximate surface area is 112 Å². The van der Waals surface area contributed by atoms with Crippen LogP contribution in [-0.2, 0) is 10.0 Å². The molecule has 0 fully saturated rings. The molecule has 0 aliphatic rings. The summed E-state index contributed by atoms with van der Waals surface area (Å²) in [4.78, 5) is 4.22. The van der Waals surface area contributed by atoms with E-state index in [9.17, 15) is 8.42 Å². The highest BCUT2D eigenvalue weighted by Crippen LogP contribution is 2.19. The third-order valence-corrected chi connectivity index (χ3v) is 4.09. The van der Waals surface area contributed by atoms with Gasteiger partial charge < -0.3 is 5.73 Å². The molecule has 0 aliphatic heterocycles. The highest BCUT2D eigenvalue weighted by atomic mass is 32.2. The Morgan fingerprint density at radius 3 is 2.47 bits per heavy atom. The second-order valence-corrected chi connectivity index (χ2v) is 5.99. The Balaban J connectivity index is 2.32. The van der Waals surface area contributed by atoms with E-state index in [2.05, 4.69) is 9.71 Å². The molecule has 0 bridgehead atoms. The zero-order chi connectivity index (χ0) is 14.0. The van der Waals surface area contributed by atoms with Gasteiger partial charge in [-0.2, -0.15) is 0 Å².